The molecule has 464 valence electrons. The summed E-state index contributed by atoms with van der Waals surface area (Å²) in [6.45, 7) is 6.50. The summed E-state index contributed by atoms with van der Waals surface area (Å²) in [5.74, 6) is -0.885. The summed E-state index contributed by atoms with van der Waals surface area (Å²) in [5.41, 5.74) is 0. The van der Waals surface area contributed by atoms with E-state index in [0.717, 1.165) is 116 Å². The number of unbranched alkanes of at least 4 members (excludes halogenated alkanes) is 33. The molecule has 0 bridgehead atoms. The first-order valence-electron chi connectivity index (χ1n) is 34.4. The Hall–Kier alpha value is -3.93. The van der Waals surface area contributed by atoms with Crippen LogP contribution >= 0.6 is 0 Å². The Kier molecular flexibility index (Phi) is 65.2. The van der Waals surface area contributed by atoms with E-state index < -0.39 is 6.10 Å². The molecule has 0 radical (unpaired) electrons. The molecule has 0 aromatic carbocycles. The fourth-order valence-electron chi connectivity index (χ4n) is 9.63. The number of carbonyl (C=O) groups is 3. The second-order valence-electron chi connectivity index (χ2n) is 22.7. The number of ether oxygens (including phenoxy) is 3. The average molecular weight is 1130 g/mol. The molecular weight excluding hydrogens is 997 g/mol. The van der Waals surface area contributed by atoms with Crippen LogP contribution in [0.1, 0.15) is 329 Å². The predicted octanol–water partition coefficient (Wildman–Crippen LogP) is 23.8. The lowest BCUT2D eigenvalue weighted by Gasteiger charge is -2.18. The van der Waals surface area contributed by atoms with Crippen molar-refractivity contribution in [1.82, 2.24) is 0 Å². The fourth-order valence-corrected chi connectivity index (χ4v) is 9.63. The molecule has 0 saturated heterocycles. The van der Waals surface area contributed by atoms with Crippen LogP contribution < -0.4 is 0 Å². The number of rotatable bonds is 62. The van der Waals surface area contributed by atoms with Crippen LogP contribution in [0.2, 0.25) is 0 Å². The summed E-state index contributed by atoms with van der Waals surface area (Å²) in [4.78, 5) is 38.2. The van der Waals surface area contributed by atoms with Crippen molar-refractivity contribution < 1.29 is 28.6 Å². The van der Waals surface area contributed by atoms with Gasteiger partial charge in [0.15, 0.2) is 6.10 Å². The van der Waals surface area contributed by atoms with Crippen molar-refractivity contribution in [1.29, 1.82) is 0 Å². The molecule has 0 aliphatic rings. The molecule has 0 amide bonds. The molecule has 6 heteroatoms. The zero-order valence-electron chi connectivity index (χ0n) is 53.3. The highest BCUT2D eigenvalue weighted by Gasteiger charge is 2.19. The molecule has 0 rings (SSSR count). The molecule has 0 fully saturated rings. The van der Waals surface area contributed by atoms with Crippen LogP contribution in [0.4, 0.5) is 0 Å². The van der Waals surface area contributed by atoms with Gasteiger partial charge in [0.2, 0.25) is 0 Å². The van der Waals surface area contributed by atoms with E-state index in [-0.39, 0.29) is 31.1 Å². The Balaban J connectivity index is 4.13. The molecule has 0 spiro atoms. The summed E-state index contributed by atoms with van der Waals surface area (Å²) in [5, 5.41) is 0. The van der Waals surface area contributed by atoms with Crippen LogP contribution in [-0.4, -0.2) is 37.2 Å². The maximum Gasteiger partial charge on any atom is 0.306 e. The molecule has 0 aliphatic carbocycles. The molecule has 1 unspecified atom stereocenters. The van der Waals surface area contributed by atoms with E-state index in [1.807, 2.05) is 0 Å². The Labute approximate surface area is 501 Å². The van der Waals surface area contributed by atoms with Gasteiger partial charge in [0.05, 0.1) is 0 Å². The van der Waals surface area contributed by atoms with Crippen molar-refractivity contribution in [3.63, 3.8) is 0 Å². The molecule has 0 aliphatic heterocycles. The highest BCUT2D eigenvalue weighted by atomic mass is 16.6. The summed E-state index contributed by atoms with van der Waals surface area (Å²) in [6, 6.07) is 0. The molecular formula is C75H128O6. The van der Waals surface area contributed by atoms with E-state index in [9.17, 15) is 14.4 Å². The van der Waals surface area contributed by atoms with Crippen LogP contribution in [-0.2, 0) is 28.6 Å². The van der Waals surface area contributed by atoms with Gasteiger partial charge in [-0.3, -0.25) is 14.4 Å². The third kappa shape index (κ3) is 66.8. The van der Waals surface area contributed by atoms with Gasteiger partial charge < -0.3 is 14.2 Å². The third-order valence-electron chi connectivity index (χ3n) is 14.8. The first-order chi connectivity index (χ1) is 40.0. The van der Waals surface area contributed by atoms with Crippen LogP contribution in [0.25, 0.3) is 0 Å². The maximum atomic E-state index is 12.9. The minimum absolute atomic E-state index is 0.0786. The normalized spacial score (nSPS) is 12.8. The maximum absolute atomic E-state index is 12.9. The van der Waals surface area contributed by atoms with E-state index in [0.29, 0.717) is 19.3 Å². The fraction of sp³-hybridized carbons (Fsp3) is 0.720. The molecule has 81 heavy (non-hydrogen) atoms. The molecule has 0 aromatic rings. The quantitative estimate of drug-likeness (QED) is 0.0261. The van der Waals surface area contributed by atoms with E-state index in [4.69, 9.17) is 14.2 Å². The van der Waals surface area contributed by atoms with Gasteiger partial charge in [-0.25, -0.2) is 0 Å². The molecule has 0 heterocycles. The minimum atomic E-state index is -0.780. The zero-order valence-corrected chi connectivity index (χ0v) is 53.3. The second-order valence-corrected chi connectivity index (χ2v) is 22.7. The Morgan fingerprint density at radius 3 is 0.765 bits per heavy atom. The van der Waals surface area contributed by atoms with Gasteiger partial charge in [0.25, 0.3) is 0 Å². The van der Waals surface area contributed by atoms with Crippen molar-refractivity contribution in [2.75, 3.05) is 13.2 Å². The third-order valence-corrected chi connectivity index (χ3v) is 14.8. The Morgan fingerprint density at radius 2 is 0.481 bits per heavy atom. The smallest absolute Gasteiger partial charge is 0.306 e. The first-order valence-corrected chi connectivity index (χ1v) is 34.4. The largest absolute Gasteiger partial charge is 0.462 e. The van der Waals surface area contributed by atoms with Crippen LogP contribution in [0, 0.1) is 0 Å². The molecule has 6 nitrogen and oxygen atoms in total. The lowest BCUT2D eigenvalue weighted by Crippen LogP contribution is -2.30. The van der Waals surface area contributed by atoms with Crippen molar-refractivity contribution in [3.05, 3.63) is 109 Å². The van der Waals surface area contributed by atoms with Gasteiger partial charge in [0.1, 0.15) is 13.2 Å². The minimum Gasteiger partial charge on any atom is -0.462 e. The monoisotopic (exact) mass is 1120 g/mol. The number of allylic oxidation sites excluding steroid dienone is 18. The lowest BCUT2D eigenvalue weighted by molar-refractivity contribution is -0.167. The number of esters is 3. The summed E-state index contributed by atoms with van der Waals surface area (Å²) < 4.78 is 16.9. The summed E-state index contributed by atoms with van der Waals surface area (Å²) in [7, 11) is 0. The summed E-state index contributed by atoms with van der Waals surface area (Å²) >= 11 is 0. The highest BCUT2D eigenvalue weighted by molar-refractivity contribution is 5.71. The van der Waals surface area contributed by atoms with Gasteiger partial charge in [0, 0.05) is 19.3 Å². The standard InChI is InChI=1S/C75H128O6/c1-4-7-10-13-16-18-20-22-24-26-28-30-32-33-34-35-36-37-38-39-40-41-43-44-46-48-50-52-54-56-59-62-65-68-74(77)80-71-72(70-79-73(76)67-64-61-58-15-12-9-6-3)81-75(78)69-66-63-60-57-55-53-51-49-47-45-42-31-29-27-25-23-21-19-17-14-11-8-5-2/h7,10,16,18,22,24,27-30,33-34,36-37,39-40,43-44,72H,4-6,8-9,11-15,17,19-21,23,25-26,31-32,35,38,41-42,45-71H2,1-3H3/b10-7-,18-16-,24-22-,29-27-,30-28-,34-33-,37-36-,40-39-,44-43-. The van der Waals surface area contributed by atoms with Gasteiger partial charge in [-0.15, -0.1) is 0 Å². The number of hydrogen-bond donors (Lipinski definition) is 0. The number of carbonyl (C=O) groups excluding carboxylic acids is 3. The van der Waals surface area contributed by atoms with Crippen molar-refractivity contribution in [3.8, 4) is 0 Å². The van der Waals surface area contributed by atoms with Gasteiger partial charge >= 0.3 is 17.9 Å². The zero-order chi connectivity index (χ0) is 58.5. The molecule has 1 atom stereocenters. The molecule has 0 saturated carbocycles. The van der Waals surface area contributed by atoms with E-state index >= 15 is 0 Å². The first kappa shape index (κ1) is 77.1. The highest BCUT2D eigenvalue weighted by Crippen LogP contribution is 2.16. The van der Waals surface area contributed by atoms with Crippen LogP contribution in [0.5, 0.6) is 0 Å². The van der Waals surface area contributed by atoms with Crippen molar-refractivity contribution in [2.45, 2.75) is 335 Å². The SMILES string of the molecule is CC/C=C\C/C=C\C/C=C\C/C=C\C/C=C\C/C=C\C/C=C\C/C=C\CCCCCCCCCCC(=O)OCC(COC(=O)CCCCCCCCC)OC(=O)CCCCCCCCCCCCC/C=C\CCCCCCCCCC. The van der Waals surface area contributed by atoms with Crippen molar-refractivity contribution >= 4 is 17.9 Å². The lowest BCUT2D eigenvalue weighted by atomic mass is 10.0. The van der Waals surface area contributed by atoms with Gasteiger partial charge in [-0.2, -0.15) is 0 Å². The Morgan fingerprint density at radius 1 is 0.259 bits per heavy atom. The van der Waals surface area contributed by atoms with Gasteiger partial charge in [-0.05, 0) is 109 Å². The number of hydrogen-bond acceptors (Lipinski definition) is 6. The van der Waals surface area contributed by atoms with Crippen molar-refractivity contribution in [2.24, 2.45) is 0 Å². The van der Waals surface area contributed by atoms with E-state index in [1.54, 1.807) is 0 Å². The topological polar surface area (TPSA) is 78.9 Å². The van der Waals surface area contributed by atoms with E-state index in [1.165, 1.54) is 173 Å². The molecule has 0 N–H and O–H groups in total. The van der Waals surface area contributed by atoms with Crippen LogP contribution in [0.3, 0.4) is 0 Å². The second kappa shape index (κ2) is 68.6. The average Bonchev–Trinajstić information content (AvgIpc) is 3.47. The van der Waals surface area contributed by atoms with E-state index in [2.05, 4.69) is 130 Å². The Bertz CT molecular complexity index is 1620. The van der Waals surface area contributed by atoms with Gasteiger partial charge in [-0.1, -0.05) is 310 Å². The summed E-state index contributed by atoms with van der Waals surface area (Å²) in [6.07, 6.45) is 94.2. The molecule has 0 aromatic heterocycles. The predicted molar refractivity (Wildman–Crippen MR) is 353 cm³/mol. The van der Waals surface area contributed by atoms with Crippen LogP contribution in [0.15, 0.2) is 109 Å².